The zero-order valence-electron chi connectivity index (χ0n) is 18.0. The lowest BCUT2D eigenvalue weighted by molar-refractivity contribution is -0.119. The number of hydrogen-bond acceptors (Lipinski definition) is 5. The molecule has 1 N–H and O–H groups in total. The van der Waals surface area contributed by atoms with E-state index < -0.39 is 0 Å². The summed E-state index contributed by atoms with van der Waals surface area (Å²) >= 11 is 9.58. The number of rotatable bonds is 8. The van der Waals surface area contributed by atoms with Gasteiger partial charge in [-0.05, 0) is 45.2 Å². The standard InChI is InChI=1S/C22H31ClN4OS2/c1-22(2,3)24-20(28)15-30-21-26-25-19(27(21)17-10-5-4-6-11-17)14-29-13-16-9-7-8-12-18(16)23/h7-9,12,17H,4-6,10-11,13-15H2,1-3H3,(H,24,28). The van der Waals surface area contributed by atoms with E-state index in [-0.39, 0.29) is 11.4 Å². The molecule has 30 heavy (non-hydrogen) atoms. The molecule has 5 nitrogen and oxygen atoms in total. The summed E-state index contributed by atoms with van der Waals surface area (Å²) in [6.07, 6.45) is 6.09. The Morgan fingerprint density at radius 3 is 2.60 bits per heavy atom. The first kappa shape index (κ1) is 23.5. The third kappa shape index (κ3) is 6.92. The lowest BCUT2D eigenvalue weighted by atomic mass is 9.95. The van der Waals surface area contributed by atoms with Crippen LogP contribution < -0.4 is 5.32 Å². The molecular formula is C22H31ClN4OS2. The fraction of sp³-hybridized carbons (Fsp3) is 0.591. The van der Waals surface area contributed by atoms with Crippen molar-refractivity contribution >= 4 is 41.0 Å². The average Bonchev–Trinajstić information content (AvgIpc) is 3.10. The van der Waals surface area contributed by atoms with Crippen LogP contribution in [0.2, 0.25) is 5.02 Å². The van der Waals surface area contributed by atoms with Crippen molar-refractivity contribution < 1.29 is 4.79 Å². The second kappa shape index (κ2) is 10.9. The topological polar surface area (TPSA) is 59.8 Å². The van der Waals surface area contributed by atoms with Gasteiger partial charge in [-0.1, -0.05) is 60.8 Å². The van der Waals surface area contributed by atoms with Gasteiger partial charge in [0.05, 0.1) is 11.5 Å². The van der Waals surface area contributed by atoms with Crippen LogP contribution in [-0.2, 0) is 16.3 Å². The second-order valence-corrected chi connectivity index (χ2v) is 11.1. The molecule has 2 aromatic rings. The van der Waals surface area contributed by atoms with Crippen LogP contribution in [0.5, 0.6) is 0 Å². The number of nitrogens with one attached hydrogen (secondary N) is 1. The SMILES string of the molecule is CC(C)(C)NC(=O)CSc1nnc(CSCc2ccccc2Cl)n1C1CCCCC1. The first-order valence-electron chi connectivity index (χ1n) is 10.5. The molecule has 0 atom stereocenters. The third-order valence-electron chi connectivity index (χ3n) is 4.97. The molecule has 1 heterocycles. The molecule has 3 rings (SSSR count). The number of halogens is 1. The van der Waals surface area contributed by atoms with Crippen LogP contribution in [0.25, 0.3) is 0 Å². The van der Waals surface area contributed by atoms with Crippen molar-refractivity contribution in [3.05, 3.63) is 40.7 Å². The summed E-state index contributed by atoms with van der Waals surface area (Å²) in [5.41, 5.74) is 0.913. The lowest BCUT2D eigenvalue weighted by Gasteiger charge is -2.25. The number of amides is 1. The molecule has 1 amide bonds. The summed E-state index contributed by atoms with van der Waals surface area (Å²) in [4.78, 5) is 12.3. The number of thioether (sulfide) groups is 2. The van der Waals surface area contributed by atoms with Crippen LogP contribution in [0.3, 0.4) is 0 Å². The van der Waals surface area contributed by atoms with E-state index in [4.69, 9.17) is 11.6 Å². The molecule has 1 fully saturated rings. The number of nitrogens with zero attached hydrogens (tertiary/aromatic N) is 3. The third-order valence-corrected chi connectivity index (χ3v) is 7.26. The normalized spacial score (nSPS) is 15.3. The van der Waals surface area contributed by atoms with E-state index in [9.17, 15) is 4.79 Å². The summed E-state index contributed by atoms with van der Waals surface area (Å²) in [5.74, 6) is 3.00. The van der Waals surface area contributed by atoms with Gasteiger partial charge in [-0.25, -0.2) is 0 Å². The Kier molecular flexibility index (Phi) is 8.54. The van der Waals surface area contributed by atoms with E-state index in [1.165, 1.54) is 31.0 Å². The largest absolute Gasteiger partial charge is 0.351 e. The summed E-state index contributed by atoms with van der Waals surface area (Å²) in [6, 6.07) is 8.40. The highest BCUT2D eigenvalue weighted by molar-refractivity contribution is 7.99. The van der Waals surface area contributed by atoms with Gasteiger partial charge < -0.3 is 9.88 Å². The Hall–Kier alpha value is -1.18. The molecule has 0 bridgehead atoms. The summed E-state index contributed by atoms with van der Waals surface area (Å²) in [7, 11) is 0. The predicted molar refractivity (Wildman–Crippen MR) is 127 cm³/mol. The highest BCUT2D eigenvalue weighted by Gasteiger charge is 2.24. The number of benzene rings is 1. The Bertz CT molecular complexity index is 844. The molecule has 0 saturated heterocycles. The van der Waals surface area contributed by atoms with Gasteiger partial charge in [0.15, 0.2) is 5.16 Å². The van der Waals surface area contributed by atoms with Gasteiger partial charge in [-0.3, -0.25) is 4.79 Å². The maximum Gasteiger partial charge on any atom is 0.230 e. The number of hydrogen-bond donors (Lipinski definition) is 1. The fourth-order valence-corrected chi connectivity index (χ4v) is 5.72. The second-order valence-electron chi connectivity index (χ2n) is 8.73. The average molecular weight is 467 g/mol. The molecule has 8 heteroatoms. The molecule has 0 radical (unpaired) electrons. The van der Waals surface area contributed by atoms with Crippen LogP contribution in [0.4, 0.5) is 0 Å². The number of aromatic nitrogens is 3. The van der Waals surface area contributed by atoms with Gasteiger partial charge in [-0.2, -0.15) is 0 Å². The van der Waals surface area contributed by atoms with Gasteiger partial charge in [0.2, 0.25) is 5.91 Å². The Labute approximate surface area is 193 Å². The van der Waals surface area contributed by atoms with Crippen LogP contribution >= 0.6 is 35.1 Å². The van der Waals surface area contributed by atoms with Gasteiger partial charge in [0.25, 0.3) is 0 Å². The smallest absolute Gasteiger partial charge is 0.230 e. The minimum Gasteiger partial charge on any atom is -0.351 e. The summed E-state index contributed by atoms with van der Waals surface area (Å²) in [6.45, 7) is 5.98. The van der Waals surface area contributed by atoms with Crippen LogP contribution in [0.1, 0.15) is 70.3 Å². The first-order valence-corrected chi connectivity index (χ1v) is 13.0. The van der Waals surface area contributed by atoms with E-state index in [2.05, 4.69) is 26.1 Å². The van der Waals surface area contributed by atoms with Crippen molar-refractivity contribution in [1.29, 1.82) is 0 Å². The summed E-state index contributed by atoms with van der Waals surface area (Å²) < 4.78 is 2.30. The van der Waals surface area contributed by atoms with Crippen molar-refractivity contribution in [3.63, 3.8) is 0 Å². The lowest BCUT2D eigenvalue weighted by Crippen LogP contribution is -2.41. The molecule has 1 aliphatic carbocycles. The predicted octanol–water partition coefficient (Wildman–Crippen LogP) is 5.88. The molecule has 1 saturated carbocycles. The van der Waals surface area contributed by atoms with Crippen molar-refractivity contribution in [1.82, 2.24) is 20.1 Å². The Balaban J connectivity index is 1.68. The minimum atomic E-state index is -0.227. The van der Waals surface area contributed by atoms with E-state index >= 15 is 0 Å². The zero-order valence-corrected chi connectivity index (χ0v) is 20.4. The molecule has 164 valence electrons. The Morgan fingerprint density at radius 2 is 1.90 bits per heavy atom. The quantitative estimate of drug-likeness (QED) is 0.492. The monoisotopic (exact) mass is 466 g/mol. The van der Waals surface area contributed by atoms with E-state index in [0.29, 0.717) is 11.8 Å². The highest BCUT2D eigenvalue weighted by atomic mass is 35.5. The molecule has 0 spiro atoms. The van der Waals surface area contributed by atoms with Crippen molar-refractivity contribution in [2.24, 2.45) is 0 Å². The minimum absolute atomic E-state index is 0.0281. The maximum atomic E-state index is 12.3. The van der Waals surface area contributed by atoms with E-state index in [1.54, 1.807) is 11.8 Å². The van der Waals surface area contributed by atoms with Crippen LogP contribution in [-0.4, -0.2) is 32.0 Å². The van der Waals surface area contributed by atoms with Crippen molar-refractivity contribution in [2.75, 3.05) is 5.75 Å². The zero-order chi connectivity index (χ0) is 21.6. The van der Waals surface area contributed by atoms with Crippen LogP contribution in [0, 0.1) is 0 Å². The first-order chi connectivity index (χ1) is 14.3. The van der Waals surface area contributed by atoms with Gasteiger partial charge in [0.1, 0.15) is 5.82 Å². The Morgan fingerprint density at radius 1 is 1.17 bits per heavy atom. The molecule has 1 aliphatic rings. The summed E-state index contributed by atoms with van der Waals surface area (Å²) in [5, 5.41) is 13.6. The van der Waals surface area contributed by atoms with E-state index in [0.717, 1.165) is 45.9 Å². The van der Waals surface area contributed by atoms with Crippen molar-refractivity contribution in [2.45, 2.75) is 81.1 Å². The number of carbonyl (C=O) groups is 1. The molecule has 0 aliphatic heterocycles. The van der Waals surface area contributed by atoms with Gasteiger partial charge in [-0.15, -0.1) is 22.0 Å². The van der Waals surface area contributed by atoms with E-state index in [1.807, 2.05) is 39.0 Å². The molecule has 0 unspecified atom stereocenters. The highest BCUT2D eigenvalue weighted by Crippen LogP contribution is 2.34. The number of carbonyl (C=O) groups excluding carboxylic acids is 1. The van der Waals surface area contributed by atoms with Gasteiger partial charge >= 0.3 is 0 Å². The molecular weight excluding hydrogens is 436 g/mol. The van der Waals surface area contributed by atoms with Crippen LogP contribution in [0.15, 0.2) is 29.4 Å². The maximum absolute atomic E-state index is 12.3. The molecule has 1 aromatic carbocycles. The van der Waals surface area contributed by atoms with Gasteiger partial charge in [0, 0.05) is 22.4 Å². The molecule has 1 aromatic heterocycles. The fourth-order valence-electron chi connectivity index (χ4n) is 3.66. The van der Waals surface area contributed by atoms with Crippen molar-refractivity contribution in [3.8, 4) is 0 Å².